The predicted octanol–water partition coefficient (Wildman–Crippen LogP) is 2.08. The maximum absolute atomic E-state index is 5.63. The molecule has 3 heteroatoms. The molecule has 0 aromatic carbocycles. The van der Waals surface area contributed by atoms with Crippen LogP contribution in [0.25, 0.3) is 0 Å². The van der Waals surface area contributed by atoms with E-state index in [1.165, 1.54) is 41.3 Å². The minimum Gasteiger partial charge on any atom is -0.330 e. The van der Waals surface area contributed by atoms with E-state index in [0.717, 1.165) is 0 Å². The van der Waals surface area contributed by atoms with Crippen LogP contribution in [-0.2, 0) is 12.8 Å². The Balaban J connectivity index is 2.25. The molecule has 1 aromatic heterocycles. The Kier molecular flexibility index (Phi) is 2.65. The number of aromatic nitrogens is 1. The molecule has 0 fully saturated rings. The lowest BCUT2D eigenvalue weighted by Gasteiger charge is -2.06. The Hall–Kier alpha value is -0.410. The van der Waals surface area contributed by atoms with Crippen LogP contribution in [0.4, 0.5) is 0 Å². The lowest BCUT2D eigenvalue weighted by atomic mass is 10.0. The minimum atomic E-state index is 0.440. The second-order valence-electron chi connectivity index (χ2n) is 3.77. The van der Waals surface area contributed by atoms with Crippen LogP contribution in [0.15, 0.2) is 0 Å². The second kappa shape index (κ2) is 3.76. The third kappa shape index (κ3) is 1.76. The van der Waals surface area contributed by atoms with Crippen LogP contribution in [0.5, 0.6) is 0 Å². The van der Waals surface area contributed by atoms with Gasteiger partial charge in [-0.3, -0.25) is 0 Å². The smallest absolute Gasteiger partial charge is 0.0971 e. The Bertz CT molecular complexity index is 270. The number of nitrogens with zero attached hydrogens (tertiary/aromatic N) is 1. The van der Waals surface area contributed by atoms with Gasteiger partial charge in [-0.25, -0.2) is 4.98 Å². The van der Waals surface area contributed by atoms with E-state index < -0.39 is 0 Å². The Morgan fingerprint density at radius 3 is 2.92 bits per heavy atom. The molecule has 0 radical (unpaired) electrons. The zero-order valence-corrected chi connectivity index (χ0v) is 8.86. The van der Waals surface area contributed by atoms with Gasteiger partial charge in [0.1, 0.15) is 0 Å². The van der Waals surface area contributed by atoms with Gasteiger partial charge in [-0.05, 0) is 25.7 Å². The summed E-state index contributed by atoms with van der Waals surface area (Å²) in [6, 6.07) is 0. The average Bonchev–Trinajstić information content (AvgIpc) is 2.59. The molecular formula is C10H16N2S. The lowest BCUT2D eigenvalue weighted by molar-refractivity contribution is 0.675. The molecule has 1 aliphatic rings. The van der Waals surface area contributed by atoms with E-state index in [0.29, 0.717) is 12.5 Å². The van der Waals surface area contributed by atoms with E-state index in [1.807, 2.05) is 11.3 Å². The first-order valence-corrected chi connectivity index (χ1v) is 5.81. The molecule has 1 aromatic rings. The van der Waals surface area contributed by atoms with Crippen LogP contribution in [-0.4, -0.2) is 11.5 Å². The van der Waals surface area contributed by atoms with Crippen molar-refractivity contribution in [2.75, 3.05) is 6.54 Å². The maximum atomic E-state index is 5.63. The van der Waals surface area contributed by atoms with Crippen molar-refractivity contribution in [3.8, 4) is 0 Å². The van der Waals surface area contributed by atoms with Crippen molar-refractivity contribution < 1.29 is 0 Å². The monoisotopic (exact) mass is 196 g/mol. The molecule has 2 rings (SSSR count). The first-order chi connectivity index (χ1) is 6.31. The summed E-state index contributed by atoms with van der Waals surface area (Å²) in [6.07, 6.45) is 5.08. The molecule has 0 saturated carbocycles. The van der Waals surface area contributed by atoms with Crippen molar-refractivity contribution >= 4 is 11.3 Å². The molecule has 1 heterocycles. The first-order valence-electron chi connectivity index (χ1n) is 5.00. The summed E-state index contributed by atoms with van der Waals surface area (Å²) in [7, 11) is 0. The van der Waals surface area contributed by atoms with Crippen molar-refractivity contribution in [2.45, 2.75) is 38.5 Å². The quantitative estimate of drug-likeness (QED) is 0.786. The summed E-state index contributed by atoms with van der Waals surface area (Å²) in [5.74, 6) is 0.440. The van der Waals surface area contributed by atoms with E-state index >= 15 is 0 Å². The molecule has 2 N–H and O–H groups in total. The zero-order chi connectivity index (χ0) is 9.26. The Labute approximate surface area is 83.2 Å². The van der Waals surface area contributed by atoms with Gasteiger partial charge in [0, 0.05) is 17.3 Å². The molecule has 13 heavy (non-hydrogen) atoms. The highest BCUT2D eigenvalue weighted by molar-refractivity contribution is 7.11. The largest absolute Gasteiger partial charge is 0.330 e. The zero-order valence-electron chi connectivity index (χ0n) is 8.05. The van der Waals surface area contributed by atoms with E-state index in [1.54, 1.807) is 0 Å². The third-order valence-corrected chi connectivity index (χ3v) is 4.03. The van der Waals surface area contributed by atoms with Gasteiger partial charge >= 0.3 is 0 Å². The standard InChI is InChI=1S/C10H16N2S/c1-7(6-11)10-12-8-4-2-3-5-9(8)13-10/h7H,2-6,11H2,1H3. The molecule has 1 unspecified atom stereocenters. The average molecular weight is 196 g/mol. The Morgan fingerprint density at radius 2 is 2.23 bits per heavy atom. The number of rotatable bonds is 2. The summed E-state index contributed by atoms with van der Waals surface area (Å²) >= 11 is 1.88. The highest BCUT2D eigenvalue weighted by Crippen LogP contribution is 2.29. The summed E-state index contributed by atoms with van der Waals surface area (Å²) < 4.78 is 0. The van der Waals surface area contributed by atoms with Crippen LogP contribution in [0.2, 0.25) is 0 Å². The van der Waals surface area contributed by atoms with Gasteiger partial charge < -0.3 is 5.73 Å². The number of hydrogen-bond acceptors (Lipinski definition) is 3. The van der Waals surface area contributed by atoms with Crippen molar-refractivity contribution in [1.29, 1.82) is 0 Å². The van der Waals surface area contributed by atoms with Crippen molar-refractivity contribution in [3.05, 3.63) is 15.6 Å². The number of nitrogens with two attached hydrogens (primary N) is 1. The first kappa shape index (κ1) is 9.16. The van der Waals surface area contributed by atoms with Crippen LogP contribution in [0, 0.1) is 0 Å². The van der Waals surface area contributed by atoms with Gasteiger partial charge in [0.15, 0.2) is 0 Å². The number of thiazole rings is 1. The SMILES string of the molecule is CC(CN)c1nc2c(s1)CCCC2. The molecule has 0 spiro atoms. The number of aryl methyl sites for hydroxylation is 2. The molecular weight excluding hydrogens is 180 g/mol. The summed E-state index contributed by atoms with van der Waals surface area (Å²) in [6.45, 7) is 2.87. The van der Waals surface area contributed by atoms with Crippen molar-refractivity contribution in [2.24, 2.45) is 5.73 Å². The number of hydrogen-bond donors (Lipinski definition) is 1. The van der Waals surface area contributed by atoms with Crippen LogP contribution in [0.3, 0.4) is 0 Å². The third-order valence-electron chi connectivity index (χ3n) is 2.64. The highest BCUT2D eigenvalue weighted by Gasteiger charge is 2.17. The molecule has 0 saturated heterocycles. The fraction of sp³-hybridized carbons (Fsp3) is 0.700. The molecule has 0 bridgehead atoms. The van der Waals surface area contributed by atoms with E-state index in [-0.39, 0.29) is 0 Å². The maximum Gasteiger partial charge on any atom is 0.0971 e. The van der Waals surface area contributed by atoms with Gasteiger partial charge in [0.25, 0.3) is 0 Å². The van der Waals surface area contributed by atoms with E-state index in [2.05, 4.69) is 11.9 Å². The van der Waals surface area contributed by atoms with Crippen LogP contribution < -0.4 is 5.73 Å². The molecule has 0 amide bonds. The second-order valence-corrected chi connectivity index (χ2v) is 4.88. The molecule has 2 nitrogen and oxygen atoms in total. The van der Waals surface area contributed by atoms with Crippen LogP contribution >= 0.6 is 11.3 Å². The van der Waals surface area contributed by atoms with Gasteiger partial charge in [-0.1, -0.05) is 6.92 Å². The van der Waals surface area contributed by atoms with Crippen molar-refractivity contribution in [3.63, 3.8) is 0 Å². The molecule has 72 valence electrons. The summed E-state index contributed by atoms with van der Waals surface area (Å²) in [5, 5.41) is 1.24. The summed E-state index contributed by atoms with van der Waals surface area (Å²) in [5.41, 5.74) is 6.98. The summed E-state index contributed by atoms with van der Waals surface area (Å²) in [4.78, 5) is 6.18. The van der Waals surface area contributed by atoms with Gasteiger partial charge in [-0.15, -0.1) is 11.3 Å². The normalized spacial score (nSPS) is 18.3. The number of fused-ring (bicyclic) bond motifs is 1. The molecule has 0 aliphatic heterocycles. The molecule has 1 aliphatic carbocycles. The van der Waals surface area contributed by atoms with Gasteiger partial charge in [-0.2, -0.15) is 0 Å². The van der Waals surface area contributed by atoms with Gasteiger partial charge in [0.05, 0.1) is 10.7 Å². The lowest BCUT2D eigenvalue weighted by Crippen LogP contribution is -2.08. The van der Waals surface area contributed by atoms with Crippen LogP contribution in [0.1, 0.15) is 41.3 Å². The topological polar surface area (TPSA) is 38.9 Å². The minimum absolute atomic E-state index is 0.440. The molecule has 1 atom stereocenters. The highest BCUT2D eigenvalue weighted by atomic mass is 32.1. The Morgan fingerprint density at radius 1 is 1.46 bits per heavy atom. The van der Waals surface area contributed by atoms with E-state index in [4.69, 9.17) is 5.73 Å². The van der Waals surface area contributed by atoms with Gasteiger partial charge in [0.2, 0.25) is 0 Å². The fourth-order valence-corrected chi connectivity index (χ4v) is 2.90. The van der Waals surface area contributed by atoms with E-state index in [9.17, 15) is 0 Å². The predicted molar refractivity (Wildman–Crippen MR) is 56.2 cm³/mol. The van der Waals surface area contributed by atoms with Crippen molar-refractivity contribution in [1.82, 2.24) is 4.98 Å². The fourth-order valence-electron chi connectivity index (χ4n) is 1.68.